The molecule has 0 saturated heterocycles. The van der Waals surface area contributed by atoms with Gasteiger partial charge >= 0.3 is 0 Å². The fourth-order valence-corrected chi connectivity index (χ4v) is 1.80. The number of halogens is 2. The van der Waals surface area contributed by atoms with Gasteiger partial charge in [-0.3, -0.25) is 4.79 Å². The molecular weight excluding hydrogens is 269 g/mol. The van der Waals surface area contributed by atoms with Gasteiger partial charge < -0.3 is 10.5 Å². The Morgan fingerprint density at radius 3 is 2.68 bits per heavy atom. The lowest BCUT2D eigenvalue weighted by Gasteiger charge is -2.07. The predicted molar refractivity (Wildman–Crippen MR) is 72.2 cm³/mol. The zero-order chi connectivity index (χ0) is 14.0. The number of benzene rings is 2. The van der Waals surface area contributed by atoms with Crippen LogP contribution in [-0.2, 0) is 0 Å². The minimum absolute atomic E-state index is 0.0211. The van der Waals surface area contributed by atoms with E-state index in [4.69, 9.17) is 22.1 Å². The van der Waals surface area contributed by atoms with Gasteiger partial charge in [-0.1, -0.05) is 17.7 Å². The van der Waals surface area contributed by atoms with Crippen molar-refractivity contribution in [2.24, 2.45) is 0 Å². The summed E-state index contributed by atoms with van der Waals surface area (Å²) in [6, 6.07) is 8.81. The van der Waals surface area contributed by atoms with Crippen LogP contribution in [0.3, 0.4) is 0 Å². The summed E-state index contributed by atoms with van der Waals surface area (Å²) in [5.41, 5.74) is 6.11. The summed E-state index contributed by atoms with van der Waals surface area (Å²) in [6.07, 6.45) is 0. The maximum absolute atomic E-state index is 14.0. The zero-order valence-corrected chi connectivity index (χ0v) is 10.9. The van der Waals surface area contributed by atoms with E-state index >= 15 is 0 Å². The third-order valence-corrected chi connectivity index (χ3v) is 3.03. The zero-order valence-electron chi connectivity index (χ0n) is 10.1. The maximum atomic E-state index is 14.0. The van der Waals surface area contributed by atoms with E-state index in [9.17, 15) is 9.18 Å². The van der Waals surface area contributed by atoms with Gasteiger partial charge in [0, 0.05) is 5.56 Å². The van der Waals surface area contributed by atoms with Gasteiger partial charge in [-0.2, -0.15) is 0 Å². The highest BCUT2D eigenvalue weighted by Gasteiger charge is 2.17. The lowest BCUT2D eigenvalue weighted by molar-refractivity contribution is 0.103. The molecule has 0 saturated carbocycles. The van der Waals surface area contributed by atoms with E-state index in [1.807, 2.05) is 0 Å². The molecule has 0 atom stereocenters. The van der Waals surface area contributed by atoms with Gasteiger partial charge in [0.2, 0.25) is 0 Å². The Balaban J connectivity index is 2.47. The molecule has 5 heteroatoms. The van der Waals surface area contributed by atoms with Gasteiger partial charge in [-0.05, 0) is 30.3 Å². The molecule has 98 valence electrons. The fraction of sp³-hybridized carbons (Fsp3) is 0.0714. The number of nitrogen functional groups attached to an aromatic ring is 1. The number of nitrogens with two attached hydrogens (primary N) is 1. The topological polar surface area (TPSA) is 52.3 Å². The van der Waals surface area contributed by atoms with Crippen LogP contribution in [0.15, 0.2) is 36.4 Å². The number of ether oxygens (including phenoxy) is 1. The number of ketones is 1. The second kappa shape index (κ2) is 5.28. The number of rotatable bonds is 3. The van der Waals surface area contributed by atoms with Crippen molar-refractivity contribution in [3.8, 4) is 5.75 Å². The number of anilines is 1. The standard InChI is InChI=1S/C14H11ClFNO2/c1-19-12-4-2-3-9(13(12)16)14(18)8-5-6-10(15)11(17)7-8/h2-7H,17H2,1H3. The summed E-state index contributed by atoms with van der Waals surface area (Å²) in [4.78, 5) is 12.2. The monoisotopic (exact) mass is 279 g/mol. The molecule has 0 aliphatic heterocycles. The summed E-state index contributed by atoms with van der Waals surface area (Å²) in [7, 11) is 1.34. The molecule has 0 amide bonds. The van der Waals surface area contributed by atoms with Crippen molar-refractivity contribution in [3.05, 3.63) is 58.4 Å². The normalized spacial score (nSPS) is 10.3. The van der Waals surface area contributed by atoms with Crippen molar-refractivity contribution < 1.29 is 13.9 Å². The Morgan fingerprint density at radius 1 is 1.32 bits per heavy atom. The van der Waals surface area contributed by atoms with Crippen LogP contribution in [-0.4, -0.2) is 12.9 Å². The van der Waals surface area contributed by atoms with Gasteiger partial charge in [0.25, 0.3) is 0 Å². The molecule has 0 heterocycles. The van der Waals surface area contributed by atoms with E-state index in [0.29, 0.717) is 5.02 Å². The van der Waals surface area contributed by atoms with E-state index < -0.39 is 11.6 Å². The van der Waals surface area contributed by atoms with Gasteiger partial charge in [0.05, 0.1) is 23.4 Å². The van der Waals surface area contributed by atoms with E-state index in [1.165, 1.54) is 37.4 Å². The number of hydrogen-bond donors (Lipinski definition) is 1. The van der Waals surface area contributed by atoms with Crippen LogP contribution >= 0.6 is 11.6 Å². The minimum Gasteiger partial charge on any atom is -0.494 e. The molecule has 0 aliphatic rings. The molecule has 0 aromatic heterocycles. The molecular formula is C14H11ClFNO2. The Morgan fingerprint density at radius 2 is 2.05 bits per heavy atom. The Bertz CT molecular complexity index is 643. The Kier molecular flexibility index (Phi) is 3.71. The van der Waals surface area contributed by atoms with Crippen LogP contribution in [0.5, 0.6) is 5.75 Å². The van der Waals surface area contributed by atoms with Crippen molar-refractivity contribution in [1.82, 2.24) is 0 Å². The largest absolute Gasteiger partial charge is 0.494 e. The predicted octanol–water partition coefficient (Wildman–Crippen LogP) is 3.30. The molecule has 2 aromatic carbocycles. The smallest absolute Gasteiger partial charge is 0.196 e. The highest BCUT2D eigenvalue weighted by Crippen LogP contribution is 2.25. The number of carbonyl (C=O) groups excluding carboxylic acids is 1. The molecule has 2 N–H and O–H groups in total. The quantitative estimate of drug-likeness (QED) is 0.693. The summed E-state index contributed by atoms with van der Waals surface area (Å²) in [5.74, 6) is -1.14. The molecule has 2 aromatic rings. The third kappa shape index (κ3) is 2.53. The molecule has 0 aliphatic carbocycles. The molecule has 2 rings (SSSR count). The van der Waals surface area contributed by atoms with Crippen LogP contribution in [0, 0.1) is 5.82 Å². The van der Waals surface area contributed by atoms with Gasteiger partial charge in [0.15, 0.2) is 17.3 Å². The first-order valence-electron chi connectivity index (χ1n) is 5.47. The average molecular weight is 280 g/mol. The lowest BCUT2D eigenvalue weighted by atomic mass is 10.0. The van der Waals surface area contributed by atoms with E-state index in [0.717, 1.165) is 0 Å². The van der Waals surface area contributed by atoms with Gasteiger partial charge in [-0.25, -0.2) is 4.39 Å². The highest BCUT2D eigenvalue weighted by atomic mass is 35.5. The minimum atomic E-state index is -0.691. The summed E-state index contributed by atoms with van der Waals surface area (Å²) in [5, 5.41) is 0.350. The molecule has 0 spiro atoms. The van der Waals surface area contributed by atoms with Crippen LogP contribution in [0.4, 0.5) is 10.1 Å². The van der Waals surface area contributed by atoms with Crippen molar-refractivity contribution in [2.75, 3.05) is 12.8 Å². The van der Waals surface area contributed by atoms with Gasteiger partial charge in [0.1, 0.15) is 0 Å². The molecule has 3 nitrogen and oxygen atoms in total. The van der Waals surface area contributed by atoms with E-state index in [1.54, 1.807) is 6.07 Å². The summed E-state index contributed by atoms with van der Waals surface area (Å²) in [6.45, 7) is 0. The Labute approximate surface area is 114 Å². The lowest BCUT2D eigenvalue weighted by Crippen LogP contribution is -2.06. The SMILES string of the molecule is COc1cccc(C(=O)c2ccc(Cl)c(N)c2)c1F. The van der Waals surface area contributed by atoms with Crippen molar-refractivity contribution >= 4 is 23.1 Å². The van der Waals surface area contributed by atoms with Crippen LogP contribution in [0.25, 0.3) is 0 Å². The molecule has 19 heavy (non-hydrogen) atoms. The van der Waals surface area contributed by atoms with E-state index in [-0.39, 0.29) is 22.6 Å². The fourth-order valence-electron chi connectivity index (χ4n) is 1.68. The first-order chi connectivity index (χ1) is 9.04. The molecule has 0 unspecified atom stereocenters. The van der Waals surface area contributed by atoms with Crippen LogP contribution in [0.2, 0.25) is 5.02 Å². The van der Waals surface area contributed by atoms with E-state index in [2.05, 4.69) is 0 Å². The van der Waals surface area contributed by atoms with Crippen molar-refractivity contribution in [3.63, 3.8) is 0 Å². The number of carbonyl (C=O) groups is 1. The highest BCUT2D eigenvalue weighted by molar-refractivity contribution is 6.33. The van der Waals surface area contributed by atoms with Gasteiger partial charge in [-0.15, -0.1) is 0 Å². The Hall–Kier alpha value is -2.07. The third-order valence-electron chi connectivity index (χ3n) is 2.69. The average Bonchev–Trinajstić information content (AvgIpc) is 2.41. The maximum Gasteiger partial charge on any atom is 0.196 e. The summed E-state index contributed by atoms with van der Waals surface area (Å²) < 4.78 is 18.8. The number of methoxy groups -OCH3 is 1. The van der Waals surface area contributed by atoms with Crippen LogP contribution in [0.1, 0.15) is 15.9 Å². The number of hydrogen-bond acceptors (Lipinski definition) is 3. The molecule has 0 bridgehead atoms. The molecule has 0 radical (unpaired) electrons. The molecule has 0 fully saturated rings. The second-order valence-electron chi connectivity index (χ2n) is 3.89. The first kappa shape index (κ1) is 13.4. The summed E-state index contributed by atoms with van der Waals surface area (Å²) >= 11 is 5.78. The van der Waals surface area contributed by atoms with Crippen LogP contribution < -0.4 is 10.5 Å². The second-order valence-corrected chi connectivity index (χ2v) is 4.29. The van der Waals surface area contributed by atoms with Crippen molar-refractivity contribution in [1.29, 1.82) is 0 Å². The first-order valence-corrected chi connectivity index (χ1v) is 5.84. The van der Waals surface area contributed by atoms with Crippen molar-refractivity contribution in [2.45, 2.75) is 0 Å².